The lowest BCUT2D eigenvalue weighted by Gasteiger charge is -2.17. The lowest BCUT2D eigenvalue weighted by atomic mass is 10.2. The first kappa shape index (κ1) is 15.0. The maximum Gasteiger partial charge on any atom is 0.237 e. The molecule has 0 aromatic heterocycles. The molecule has 0 unspecified atom stereocenters. The van der Waals surface area contributed by atoms with Crippen LogP contribution in [0.2, 0.25) is 0 Å². The van der Waals surface area contributed by atoms with E-state index in [0.29, 0.717) is 5.75 Å². The molecule has 1 heterocycles. The first-order chi connectivity index (χ1) is 10.8. The number of fused-ring (bicyclic) bond motifs is 1. The number of nitrogens with zero attached hydrogens (tertiary/aromatic N) is 1. The van der Waals surface area contributed by atoms with Crippen molar-refractivity contribution in [3.05, 3.63) is 59.7 Å². The standard InChI is InChI=1S/C18H19NO2S/c1-21-16-8-6-14(7-9-16)12-22-13-18(20)19-11-10-15-4-2-3-5-17(15)19/h2-9H,10-13H2,1H3. The topological polar surface area (TPSA) is 29.5 Å². The Morgan fingerprint density at radius 1 is 1.18 bits per heavy atom. The number of amides is 1. The molecule has 1 aliphatic heterocycles. The zero-order valence-corrected chi connectivity index (χ0v) is 13.4. The smallest absolute Gasteiger partial charge is 0.237 e. The van der Waals surface area contributed by atoms with Gasteiger partial charge in [0.25, 0.3) is 0 Å². The first-order valence-corrected chi connectivity index (χ1v) is 8.52. The first-order valence-electron chi connectivity index (χ1n) is 7.37. The van der Waals surface area contributed by atoms with Crippen molar-refractivity contribution in [2.24, 2.45) is 0 Å². The van der Waals surface area contributed by atoms with Crippen molar-refractivity contribution in [2.45, 2.75) is 12.2 Å². The molecule has 0 atom stereocenters. The number of benzene rings is 2. The SMILES string of the molecule is COc1ccc(CSCC(=O)N2CCc3ccccc32)cc1. The zero-order chi connectivity index (χ0) is 15.4. The fourth-order valence-electron chi connectivity index (χ4n) is 2.65. The van der Waals surface area contributed by atoms with E-state index in [1.807, 2.05) is 47.4 Å². The number of thioether (sulfide) groups is 1. The minimum Gasteiger partial charge on any atom is -0.497 e. The summed E-state index contributed by atoms with van der Waals surface area (Å²) in [5.41, 5.74) is 3.56. The molecule has 0 aliphatic carbocycles. The van der Waals surface area contributed by atoms with Gasteiger partial charge in [0.15, 0.2) is 0 Å². The molecule has 0 spiro atoms. The number of hydrogen-bond donors (Lipinski definition) is 0. The third kappa shape index (κ3) is 3.28. The molecule has 3 nitrogen and oxygen atoms in total. The number of anilines is 1. The van der Waals surface area contributed by atoms with Gasteiger partial charge in [-0.3, -0.25) is 4.79 Å². The van der Waals surface area contributed by atoms with E-state index in [0.717, 1.165) is 30.2 Å². The van der Waals surface area contributed by atoms with Crippen LogP contribution in [0.25, 0.3) is 0 Å². The summed E-state index contributed by atoms with van der Waals surface area (Å²) < 4.78 is 5.15. The molecule has 0 saturated carbocycles. The Bertz CT molecular complexity index is 654. The molecule has 0 bridgehead atoms. The van der Waals surface area contributed by atoms with Crippen LogP contribution < -0.4 is 9.64 Å². The van der Waals surface area contributed by atoms with Crippen LogP contribution in [-0.2, 0) is 17.0 Å². The van der Waals surface area contributed by atoms with Crippen LogP contribution in [0.15, 0.2) is 48.5 Å². The van der Waals surface area contributed by atoms with E-state index < -0.39 is 0 Å². The molecule has 1 aliphatic rings. The lowest BCUT2D eigenvalue weighted by molar-refractivity contribution is -0.116. The summed E-state index contributed by atoms with van der Waals surface area (Å²) in [6.45, 7) is 0.807. The quantitative estimate of drug-likeness (QED) is 0.846. The summed E-state index contributed by atoms with van der Waals surface area (Å²) in [5.74, 6) is 2.41. The third-order valence-corrected chi connectivity index (χ3v) is 4.83. The summed E-state index contributed by atoms with van der Waals surface area (Å²) in [4.78, 5) is 14.3. The predicted octanol–water partition coefficient (Wildman–Crippen LogP) is 3.52. The van der Waals surface area contributed by atoms with Crippen LogP contribution in [0.5, 0.6) is 5.75 Å². The summed E-state index contributed by atoms with van der Waals surface area (Å²) >= 11 is 1.66. The van der Waals surface area contributed by atoms with Crippen LogP contribution >= 0.6 is 11.8 Å². The second kappa shape index (κ2) is 6.88. The van der Waals surface area contributed by atoms with Crippen LogP contribution in [0.3, 0.4) is 0 Å². The molecule has 0 N–H and O–H groups in total. The highest BCUT2D eigenvalue weighted by molar-refractivity contribution is 7.99. The van der Waals surface area contributed by atoms with Gasteiger partial charge < -0.3 is 9.64 Å². The fraction of sp³-hybridized carbons (Fsp3) is 0.278. The van der Waals surface area contributed by atoms with E-state index in [4.69, 9.17) is 4.74 Å². The van der Waals surface area contributed by atoms with Gasteiger partial charge in [0, 0.05) is 18.0 Å². The molecular formula is C18H19NO2S. The zero-order valence-electron chi connectivity index (χ0n) is 12.6. The molecule has 2 aromatic carbocycles. The monoisotopic (exact) mass is 313 g/mol. The molecule has 2 aromatic rings. The van der Waals surface area contributed by atoms with Gasteiger partial charge in [-0.25, -0.2) is 0 Å². The van der Waals surface area contributed by atoms with Gasteiger partial charge in [-0.2, -0.15) is 0 Å². The summed E-state index contributed by atoms with van der Waals surface area (Å²) in [5, 5.41) is 0. The van der Waals surface area contributed by atoms with Crippen LogP contribution in [0.1, 0.15) is 11.1 Å². The molecular weight excluding hydrogens is 294 g/mol. The van der Waals surface area contributed by atoms with E-state index in [-0.39, 0.29) is 5.91 Å². The molecule has 114 valence electrons. The Labute approximate surface area is 135 Å². The number of carbonyl (C=O) groups is 1. The number of carbonyl (C=O) groups excluding carboxylic acids is 1. The van der Waals surface area contributed by atoms with Crippen molar-refractivity contribution >= 4 is 23.4 Å². The minimum absolute atomic E-state index is 0.198. The maximum absolute atomic E-state index is 12.4. The maximum atomic E-state index is 12.4. The van der Waals surface area contributed by atoms with E-state index in [1.165, 1.54) is 11.1 Å². The highest BCUT2D eigenvalue weighted by Gasteiger charge is 2.23. The van der Waals surface area contributed by atoms with Crippen LogP contribution in [0, 0.1) is 0 Å². The van der Waals surface area contributed by atoms with Crippen molar-refractivity contribution in [2.75, 3.05) is 24.3 Å². The normalized spacial score (nSPS) is 13.0. The highest BCUT2D eigenvalue weighted by atomic mass is 32.2. The molecule has 3 rings (SSSR count). The van der Waals surface area contributed by atoms with E-state index in [9.17, 15) is 4.79 Å². The lowest BCUT2D eigenvalue weighted by Crippen LogP contribution is -2.30. The second-order valence-corrected chi connectivity index (χ2v) is 6.25. The van der Waals surface area contributed by atoms with Gasteiger partial charge in [-0.05, 0) is 35.7 Å². The van der Waals surface area contributed by atoms with Crippen molar-refractivity contribution < 1.29 is 9.53 Å². The molecule has 22 heavy (non-hydrogen) atoms. The Kier molecular flexibility index (Phi) is 4.68. The number of rotatable bonds is 5. The minimum atomic E-state index is 0.198. The van der Waals surface area contributed by atoms with Gasteiger partial charge in [0.1, 0.15) is 5.75 Å². The molecule has 1 amide bonds. The Balaban J connectivity index is 1.52. The predicted molar refractivity (Wildman–Crippen MR) is 91.7 cm³/mol. The van der Waals surface area contributed by atoms with Gasteiger partial charge in [0.2, 0.25) is 5.91 Å². The molecule has 0 radical (unpaired) electrons. The number of methoxy groups -OCH3 is 1. The molecule has 4 heteroatoms. The van der Waals surface area contributed by atoms with E-state index >= 15 is 0 Å². The van der Waals surface area contributed by atoms with Crippen molar-refractivity contribution in [3.8, 4) is 5.75 Å². The number of hydrogen-bond acceptors (Lipinski definition) is 3. The van der Waals surface area contributed by atoms with Gasteiger partial charge in [-0.1, -0.05) is 30.3 Å². The van der Waals surface area contributed by atoms with Crippen LogP contribution in [-0.4, -0.2) is 25.3 Å². The molecule has 0 fully saturated rings. The summed E-state index contributed by atoms with van der Waals surface area (Å²) in [6.07, 6.45) is 0.963. The van der Waals surface area contributed by atoms with Crippen molar-refractivity contribution in [1.82, 2.24) is 0 Å². The van der Waals surface area contributed by atoms with Gasteiger partial charge in [0.05, 0.1) is 12.9 Å². The van der Waals surface area contributed by atoms with Gasteiger partial charge >= 0.3 is 0 Å². The van der Waals surface area contributed by atoms with Gasteiger partial charge in [-0.15, -0.1) is 11.8 Å². The van der Waals surface area contributed by atoms with Crippen LogP contribution in [0.4, 0.5) is 5.69 Å². The molecule has 0 saturated heterocycles. The Morgan fingerprint density at radius 3 is 2.73 bits per heavy atom. The number of ether oxygens (including phenoxy) is 1. The average Bonchev–Trinajstić information content (AvgIpc) is 2.99. The third-order valence-electron chi connectivity index (χ3n) is 3.84. The fourth-order valence-corrected chi connectivity index (χ4v) is 3.51. The second-order valence-electron chi connectivity index (χ2n) is 5.26. The largest absolute Gasteiger partial charge is 0.497 e. The Morgan fingerprint density at radius 2 is 1.95 bits per heavy atom. The van der Waals surface area contributed by atoms with Crippen molar-refractivity contribution in [1.29, 1.82) is 0 Å². The van der Waals surface area contributed by atoms with E-state index in [1.54, 1.807) is 18.9 Å². The Hall–Kier alpha value is -1.94. The number of para-hydroxylation sites is 1. The summed E-state index contributed by atoms with van der Waals surface area (Å²) in [7, 11) is 1.66. The van der Waals surface area contributed by atoms with E-state index in [2.05, 4.69) is 6.07 Å². The average molecular weight is 313 g/mol. The highest BCUT2D eigenvalue weighted by Crippen LogP contribution is 2.28. The summed E-state index contributed by atoms with van der Waals surface area (Å²) in [6, 6.07) is 16.2. The van der Waals surface area contributed by atoms with Crippen molar-refractivity contribution in [3.63, 3.8) is 0 Å².